The Hall–Kier alpha value is -4.62. The smallest absolute Gasteiger partial charge is 0.409 e. The molecule has 0 saturated heterocycles. The van der Waals surface area contributed by atoms with Crippen molar-refractivity contribution in [2.24, 2.45) is 0 Å². The highest BCUT2D eigenvalue weighted by molar-refractivity contribution is 6.61. The van der Waals surface area contributed by atoms with Gasteiger partial charge in [0, 0.05) is 11.6 Å². The number of carbonyl (C=O) groups is 3. The Morgan fingerprint density at radius 2 is 1.21 bits per heavy atom. The number of para-hydroxylation sites is 2. The zero-order valence-corrected chi connectivity index (χ0v) is 21.1. The number of ether oxygens (including phenoxy) is 1. The third-order valence-corrected chi connectivity index (χ3v) is 5.22. The minimum Gasteiger partial charge on any atom is -0.507 e. The quantitative estimate of drug-likeness (QED) is 0.218. The van der Waals surface area contributed by atoms with Crippen LogP contribution in [0.2, 0.25) is 0 Å². The Morgan fingerprint density at radius 3 is 1.68 bits per heavy atom. The fraction of sp³-hybridized carbons (Fsp3) is 0.100. The summed E-state index contributed by atoms with van der Waals surface area (Å²) in [6.45, 7) is 0. The van der Waals surface area contributed by atoms with Gasteiger partial charge in [-0.05, 0) is 48.2 Å². The zero-order valence-electron chi connectivity index (χ0n) is 20.3. The Balaban J connectivity index is 0.000000216. The van der Waals surface area contributed by atoms with Gasteiger partial charge in [0.2, 0.25) is 0 Å². The summed E-state index contributed by atoms with van der Waals surface area (Å²) in [5.41, 5.74) is 1.18. The largest absolute Gasteiger partial charge is 0.507 e. The molecule has 4 aromatic carbocycles. The molecule has 1 atom stereocenters. The highest BCUT2D eigenvalue weighted by Crippen LogP contribution is 2.22. The van der Waals surface area contributed by atoms with E-state index in [0.717, 1.165) is 12.0 Å². The molecule has 0 aliphatic rings. The average Bonchev–Trinajstić information content (AvgIpc) is 2.91. The molecule has 8 heteroatoms. The van der Waals surface area contributed by atoms with Crippen LogP contribution in [0.25, 0.3) is 0 Å². The van der Waals surface area contributed by atoms with Crippen LogP contribution in [0.5, 0.6) is 11.5 Å². The molecular weight excluding hydrogens is 508 g/mol. The molecule has 0 fully saturated rings. The van der Waals surface area contributed by atoms with E-state index in [0.29, 0.717) is 12.2 Å². The third kappa shape index (κ3) is 11.0. The van der Waals surface area contributed by atoms with Crippen LogP contribution in [-0.4, -0.2) is 32.7 Å². The number of benzene rings is 4. The van der Waals surface area contributed by atoms with Crippen molar-refractivity contribution in [1.82, 2.24) is 0 Å². The summed E-state index contributed by atoms with van der Waals surface area (Å²) in [6, 6.07) is 33.9. The molecule has 0 bridgehead atoms. The SMILES string of the molecule is O=C(Cl)Oc1ccccc1.O=C(O)C(CCc1ccccc1)c1ccccc1.O=C(O)c1ccccc1O. The van der Waals surface area contributed by atoms with E-state index in [1.807, 2.05) is 66.7 Å². The molecule has 0 radical (unpaired) electrons. The van der Waals surface area contributed by atoms with E-state index in [9.17, 15) is 19.5 Å². The van der Waals surface area contributed by atoms with Gasteiger partial charge < -0.3 is 20.1 Å². The van der Waals surface area contributed by atoms with Crippen molar-refractivity contribution in [2.45, 2.75) is 18.8 Å². The Labute approximate surface area is 225 Å². The van der Waals surface area contributed by atoms with Gasteiger partial charge in [0.1, 0.15) is 17.1 Å². The van der Waals surface area contributed by atoms with E-state index >= 15 is 0 Å². The number of carboxylic acids is 2. The van der Waals surface area contributed by atoms with Gasteiger partial charge >= 0.3 is 17.4 Å². The number of aromatic carboxylic acids is 1. The van der Waals surface area contributed by atoms with Crippen molar-refractivity contribution in [3.05, 3.63) is 132 Å². The second kappa shape index (κ2) is 16.2. The van der Waals surface area contributed by atoms with Crippen LogP contribution in [0.3, 0.4) is 0 Å². The minimum absolute atomic E-state index is 0.0671. The molecule has 0 heterocycles. The number of aliphatic carboxylic acids is 1. The maximum atomic E-state index is 11.3. The predicted molar refractivity (Wildman–Crippen MR) is 145 cm³/mol. The second-order valence-corrected chi connectivity index (χ2v) is 8.11. The Morgan fingerprint density at radius 1 is 0.711 bits per heavy atom. The van der Waals surface area contributed by atoms with Crippen molar-refractivity contribution in [3.63, 3.8) is 0 Å². The summed E-state index contributed by atoms with van der Waals surface area (Å²) in [4.78, 5) is 31.7. The molecule has 0 amide bonds. The highest BCUT2D eigenvalue weighted by Gasteiger charge is 2.19. The van der Waals surface area contributed by atoms with Crippen LogP contribution in [0.4, 0.5) is 4.79 Å². The summed E-state index contributed by atoms with van der Waals surface area (Å²) in [6.07, 6.45) is 1.41. The summed E-state index contributed by atoms with van der Waals surface area (Å²) in [7, 11) is 0. The minimum atomic E-state index is -1.11. The van der Waals surface area contributed by atoms with Crippen molar-refractivity contribution >= 4 is 29.0 Å². The molecule has 3 N–H and O–H groups in total. The van der Waals surface area contributed by atoms with Gasteiger partial charge in [-0.3, -0.25) is 4.79 Å². The van der Waals surface area contributed by atoms with Gasteiger partial charge in [-0.2, -0.15) is 0 Å². The monoisotopic (exact) mass is 534 g/mol. The first-order valence-electron chi connectivity index (χ1n) is 11.5. The summed E-state index contributed by atoms with van der Waals surface area (Å²) < 4.78 is 4.54. The lowest BCUT2D eigenvalue weighted by atomic mass is 9.92. The molecule has 0 aliphatic carbocycles. The van der Waals surface area contributed by atoms with Gasteiger partial charge in [-0.25, -0.2) is 9.59 Å². The molecule has 38 heavy (non-hydrogen) atoms. The highest BCUT2D eigenvalue weighted by atomic mass is 35.5. The van der Waals surface area contributed by atoms with E-state index < -0.39 is 23.3 Å². The van der Waals surface area contributed by atoms with Crippen molar-refractivity contribution in [2.75, 3.05) is 0 Å². The normalized spacial score (nSPS) is 10.4. The Kier molecular flexibility index (Phi) is 12.6. The van der Waals surface area contributed by atoms with Gasteiger partial charge in [-0.15, -0.1) is 0 Å². The van der Waals surface area contributed by atoms with Gasteiger partial charge in [0.05, 0.1) is 5.92 Å². The number of rotatable bonds is 7. The molecule has 7 nitrogen and oxygen atoms in total. The second-order valence-electron chi connectivity index (χ2n) is 7.80. The first kappa shape index (κ1) is 29.6. The van der Waals surface area contributed by atoms with Crippen molar-refractivity contribution < 1.29 is 34.4 Å². The topological polar surface area (TPSA) is 121 Å². The van der Waals surface area contributed by atoms with Crippen LogP contribution in [0.1, 0.15) is 33.8 Å². The van der Waals surface area contributed by atoms with Crippen molar-refractivity contribution in [3.8, 4) is 11.5 Å². The van der Waals surface area contributed by atoms with E-state index in [2.05, 4.69) is 4.74 Å². The molecule has 0 spiro atoms. The fourth-order valence-electron chi connectivity index (χ4n) is 3.31. The number of hydrogen-bond acceptors (Lipinski definition) is 5. The molecule has 4 rings (SSSR count). The number of carbonyl (C=O) groups excluding carboxylic acids is 1. The lowest BCUT2D eigenvalue weighted by Crippen LogP contribution is -2.12. The third-order valence-electron chi connectivity index (χ3n) is 5.14. The van der Waals surface area contributed by atoms with Crippen LogP contribution in [0, 0.1) is 0 Å². The first-order valence-corrected chi connectivity index (χ1v) is 11.9. The zero-order chi connectivity index (χ0) is 27.8. The molecular formula is C30H27ClO7. The number of halogens is 1. The van der Waals surface area contributed by atoms with Gasteiger partial charge in [-0.1, -0.05) is 91.0 Å². The molecule has 1 unspecified atom stereocenters. The maximum absolute atomic E-state index is 11.3. The van der Waals surface area contributed by atoms with E-state index in [1.165, 1.54) is 17.7 Å². The van der Waals surface area contributed by atoms with Gasteiger partial charge in [0.15, 0.2) is 0 Å². The van der Waals surface area contributed by atoms with Crippen LogP contribution in [0.15, 0.2) is 115 Å². The summed E-state index contributed by atoms with van der Waals surface area (Å²) >= 11 is 4.95. The molecule has 0 saturated carbocycles. The van der Waals surface area contributed by atoms with Crippen molar-refractivity contribution in [1.29, 1.82) is 0 Å². The van der Waals surface area contributed by atoms with E-state index in [-0.39, 0.29) is 11.3 Å². The lowest BCUT2D eigenvalue weighted by Gasteiger charge is -2.12. The molecule has 0 aromatic heterocycles. The van der Waals surface area contributed by atoms with Crippen LogP contribution in [-0.2, 0) is 11.2 Å². The fourth-order valence-corrected chi connectivity index (χ4v) is 3.40. The summed E-state index contributed by atoms with van der Waals surface area (Å²) in [5.74, 6) is -2.03. The maximum Gasteiger partial charge on any atom is 0.409 e. The number of aromatic hydroxyl groups is 1. The summed E-state index contributed by atoms with van der Waals surface area (Å²) in [5, 5.41) is 26.6. The first-order chi connectivity index (χ1) is 18.3. The number of phenols is 1. The molecule has 196 valence electrons. The van der Waals surface area contributed by atoms with E-state index in [1.54, 1.807) is 36.4 Å². The average molecular weight is 535 g/mol. The van der Waals surface area contributed by atoms with E-state index in [4.69, 9.17) is 21.8 Å². The number of hydrogen-bond donors (Lipinski definition) is 3. The van der Waals surface area contributed by atoms with Crippen LogP contribution >= 0.6 is 11.6 Å². The number of carboxylic acid groups (broad SMARTS) is 2. The lowest BCUT2D eigenvalue weighted by molar-refractivity contribution is -0.139. The number of aryl methyl sites for hydroxylation is 1. The Bertz CT molecular complexity index is 1280. The molecule has 0 aliphatic heterocycles. The molecule has 4 aromatic rings. The van der Waals surface area contributed by atoms with Crippen LogP contribution < -0.4 is 4.74 Å². The standard InChI is InChI=1S/C16H16O2.C7H5ClO2.C7H6O3/c17-16(18)15(14-9-5-2-6-10-14)12-11-13-7-3-1-4-8-13;8-7(9)10-6-4-2-1-3-5-6;8-6-4-2-1-3-5(6)7(9)10/h1-10,15H,11-12H2,(H,17,18);1-5H;1-4,8H,(H,9,10). The predicted octanol–water partition coefficient (Wildman–Crippen LogP) is 7.00. The van der Waals surface area contributed by atoms with Gasteiger partial charge in [0.25, 0.3) is 0 Å².